The smallest absolute Gasteiger partial charge is 0.143 e. The van der Waals surface area contributed by atoms with Gasteiger partial charge in [-0.25, -0.2) is 0 Å². The molecule has 0 unspecified atom stereocenters. The second-order valence-electron chi connectivity index (χ2n) is 20.0. The Balaban J connectivity index is 0.779. The Labute approximate surface area is 421 Å². The molecule has 0 amide bonds. The number of rotatable bonds is 7. The molecule has 344 valence electrons. The van der Waals surface area contributed by atoms with Crippen LogP contribution in [0.1, 0.15) is 25.0 Å². The van der Waals surface area contributed by atoms with Gasteiger partial charge in [0.15, 0.2) is 0 Å². The first-order valence-corrected chi connectivity index (χ1v) is 25.0. The van der Waals surface area contributed by atoms with Gasteiger partial charge in [-0.1, -0.05) is 159 Å². The quantitative estimate of drug-likeness (QED) is 0.160. The van der Waals surface area contributed by atoms with Gasteiger partial charge in [0.2, 0.25) is 0 Å². The maximum absolute atomic E-state index is 6.48. The molecule has 0 bridgehead atoms. The minimum atomic E-state index is -0.169. The summed E-state index contributed by atoms with van der Waals surface area (Å²) in [7, 11) is 0. The third-order valence-corrected chi connectivity index (χ3v) is 15.5. The lowest BCUT2D eigenvalue weighted by Crippen LogP contribution is -2.15. The van der Waals surface area contributed by atoms with Crippen LogP contribution in [0.25, 0.3) is 121 Å². The largest absolute Gasteiger partial charge is 0.456 e. The molecule has 0 N–H and O–H groups in total. The summed E-state index contributed by atoms with van der Waals surface area (Å²) in [4.78, 5) is 2.35. The van der Waals surface area contributed by atoms with Crippen LogP contribution in [0.2, 0.25) is 0 Å². The molecule has 0 spiro atoms. The molecule has 73 heavy (non-hydrogen) atoms. The number of para-hydroxylation sites is 4. The molecule has 14 aromatic rings. The topological polar surface area (TPSA) is 42.7 Å². The Morgan fingerprint density at radius 3 is 1.25 bits per heavy atom. The molecule has 0 radical (unpaired) electrons. The van der Waals surface area contributed by atoms with E-state index in [9.17, 15) is 0 Å². The van der Waals surface area contributed by atoms with E-state index in [-0.39, 0.29) is 5.41 Å². The van der Waals surface area contributed by atoms with Crippen molar-refractivity contribution >= 4 is 82.9 Å². The van der Waals surface area contributed by atoms with E-state index in [1.165, 1.54) is 38.9 Å². The summed E-state index contributed by atoms with van der Waals surface area (Å²) in [5.41, 5.74) is 23.0. The predicted molar refractivity (Wildman–Crippen MR) is 302 cm³/mol. The van der Waals surface area contributed by atoms with Crippen molar-refractivity contribution < 1.29 is 13.3 Å². The average Bonchev–Trinajstić information content (AvgIpc) is 4.19. The van der Waals surface area contributed by atoms with Crippen LogP contribution >= 0.6 is 0 Å². The Morgan fingerprint density at radius 2 is 0.699 bits per heavy atom. The maximum atomic E-state index is 6.48. The molecular weight excluding hydrogens is 891 g/mol. The lowest BCUT2D eigenvalue weighted by atomic mass is 9.81. The molecule has 0 saturated heterocycles. The normalized spacial score (nSPS) is 12.9. The summed E-state index contributed by atoms with van der Waals surface area (Å²) >= 11 is 0. The van der Waals surface area contributed by atoms with Crippen molar-refractivity contribution in [1.82, 2.24) is 0 Å². The lowest BCUT2D eigenvalue weighted by Gasteiger charge is -2.26. The van der Waals surface area contributed by atoms with Gasteiger partial charge in [-0.2, -0.15) is 0 Å². The fourth-order valence-corrected chi connectivity index (χ4v) is 11.7. The molecule has 4 heteroatoms. The number of fused-ring (bicyclic) bond motifs is 12. The van der Waals surface area contributed by atoms with Crippen molar-refractivity contribution in [3.8, 4) is 55.6 Å². The third kappa shape index (κ3) is 6.54. The first-order chi connectivity index (χ1) is 35.9. The average molecular weight is 936 g/mol. The fourth-order valence-electron chi connectivity index (χ4n) is 11.7. The predicted octanol–water partition coefficient (Wildman–Crippen LogP) is 19.8. The van der Waals surface area contributed by atoms with Crippen molar-refractivity contribution in [1.29, 1.82) is 0 Å². The van der Waals surface area contributed by atoms with Gasteiger partial charge in [-0.3, -0.25) is 0 Å². The minimum Gasteiger partial charge on any atom is -0.456 e. The highest BCUT2D eigenvalue weighted by molar-refractivity contribution is 6.10. The highest BCUT2D eigenvalue weighted by Gasteiger charge is 2.36. The van der Waals surface area contributed by atoms with Gasteiger partial charge in [-0.05, 0) is 152 Å². The summed E-state index contributed by atoms with van der Waals surface area (Å²) in [6.07, 6.45) is 0. The van der Waals surface area contributed by atoms with Gasteiger partial charge < -0.3 is 18.2 Å². The lowest BCUT2D eigenvalue weighted by molar-refractivity contribution is 0.660. The van der Waals surface area contributed by atoms with Crippen LogP contribution in [0.15, 0.2) is 250 Å². The Bertz CT molecular complexity index is 4350. The van der Waals surface area contributed by atoms with Crippen LogP contribution in [-0.4, -0.2) is 0 Å². The second kappa shape index (κ2) is 15.8. The van der Waals surface area contributed by atoms with Crippen molar-refractivity contribution in [3.63, 3.8) is 0 Å². The van der Waals surface area contributed by atoms with E-state index in [1.807, 2.05) is 30.3 Å². The molecular formula is C69H45NO3. The highest BCUT2D eigenvalue weighted by Crippen LogP contribution is 2.51. The SMILES string of the molecule is CC1(C)c2ccc(-c3ccc(N(c4ccc(-c5ccc6oc7ccccc7c6c5)cc4)c4ccc(-c5ccc6oc7ccccc7c6c5)cc4)cc3)cc2-c2ccc(-c3cccc4c3oc3ccccc34)cc21. The van der Waals surface area contributed by atoms with Gasteiger partial charge in [0, 0.05) is 60.4 Å². The zero-order valence-corrected chi connectivity index (χ0v) is 40.2. The molecule has 4 nitrogen and oxygen atoms in total. The van der Waals surface area contributed by atoms with Crippen molar-refractivity contribution in [2.24, 2.45) is 0 Å². The number of hydrogen-bond acceptors (Lipinski definition) is 4. The van der Waals surface area contributed by atoms with Crippen LogP contribution in [-0.2, 0) is 5.41 Å². The molecule has 1 aliphatic carbocycles. The molecule has 0 saturated carbocycles. The van der Waals surface area contributed by atoms with E-state index in [4.69, 9.17) is 13.3 Å². The number of nitrogens with zero attached hydrogens (tertiary/aromatic N) is 1. The maximum Gasteiger partial charge on any atom is 0.143 e. The van der Waals surface area contributed by atoms with E-state index >= 15 is 0 Å². The molecule has 3 aromatic heterocycles. The van der Waals surface area contributed by atoms with Crippen LogP contribution in [0.3, 0.4) is 0 Å². The summed E-state index contributed by atoms with van der Waals surface area (Å²) in [6.45, 7) is 4.70. The zero-order chi connectivity index (χ0) is 48.4. The number of benzene rings is 11. The summed E-state index contributed by atoms with van der Waals surface area (Å²) in [6, 6.07) is 85.1. The van der Waals surface area contributed by atoms with Gasteiger partial charge >= 0.3 is 0 Å². The molecule has 1 aliphatic rings. The standard InChI is InChI=1S/C69H45NO3/c1-69(2)61-35-25-45(38-58(61)53-34-24-48(41-62(53)69)52-13-9-14-57-54-10-3-8-17-65(54)73-68(52)57)42-18-28-49(29-19-42)70(50-30-20-43(21-31-50)46-26-36-66-59(39-46)55-11-4-6-15-63(55)71-66)51-32-22-44(23-33-51)47-27-37-67-60(40-47)56-12-5-7-16-64(56)72-67/h3-41H,1-2H3. The van der Waals surface area contributed by atoms with Crippen LogP contribution in [0.4, 0.5) is 17.1 Å². The van der Waals surface area contributed by atoms with E-state index < -0.39 is 0 Å². The van der Waals surface area contributed by atoms with E-state index in [0.717, 1.165) is 111 Å². The fraction of sp³-hybridized carbons (Fsp3) is 0.0435. The number of anilines is 3. The van der Waals surface area contributed by atoms with Gasteiger partial charge in [-0.15, -0.1) is 0 Å². The monoisotopic (exact) mass is 935 g/mol. The van der Waals surface area contributed by atoms with Gasteiger partial charge in [0.25, 0.3) is 0 Å². The molecule has 11 aromatic carbocycles. The van der Waals surface area contributed by atoms with Crippen LogP contribution in [0.5, 0.6) is 0 Å². The van der Waals surface area contributed by atoms with E-state index in [2.05, 4.69) is 225 Å². The van der Waals surface area contributed by atoms with Crippen molar-refractivity contribution in [3.05, 3.63) is 248 Å². The summed E-state index contributed by atoms with van der Waals surface area (Å²) < 4.78 is 18.8. The molecule has 15 rings (SSSR count). The molecule has 0 aliphatic heterocycles. The number of hydrogen-bond donors (Lipinski definition) is 0. The van der Waals surface area contributed by atoms with E-state index in [0.29, 0.717) is 0 Å². The first kappa shape index (κ1) is 41.4. The Kier molecular flexibility index (Phi) is 8.97. The van der Waals surface area contributed by atoms with Gasteiger partial charge in [0.1, 0.15) is 33.5 Å². The van der Waals surface area contributed by atoms with Crippen LogP contribution in [0, 0.1) is 0 Å². The van der Waals surface area contributed by atoms with Crippen molar-refractivity contribution in [2.45, 2.75) is 19.3 Å². The highest BCUT2D eigenvalue weighted by atomic mass is 16.3. The minimum absolute atomic E-state index is 0.169. The zero-order valence-electron chi connectivity index (χ0n) is 40.2. The number of furan rings is 3. The van der Waals surface area contributed by atoms with E-state index in [1.54, 1.807) is 0 Å². The Hall–Kier alpha value is -9.38. The summed E-state index contributed by atoms with van der Waals surface area (Å²) in [5, 5.41) is 6.80. The first-order valence-electron chi connectivity index (χ1n) is 25.0. The molecule has 0 fully saturated rings. The van der Waals surface area contributed by atoms with Crippen LogP contribution < -0.4 is 4.90 Å². The van der Waals surface area contributed by atoms with Crippen molar-refractivity contribution in [2.75, 3.05) is 4.90 Å². The molecule has 3 heterocycles. The molecule has 0 atom stereocenters. The van der Waals surface area contributed by atoms with Gasteiger partial charge in [0.05, 0.1) is 0 Å². The second-order valence-corrected chi connectivity index (χ2v) is 20.0. The summed E-state index contributed by atoms with van der Waals surface area (Å²) in [5.74, 6) is 0. The Morgan fingerprint density at radius 1 is 0.274 bits per heavy atom. The third-order valence-electron chi connectivity index (χ3n) is 15.5.